The van der Waals surface area contributed by atoms with E-state index in [0.29, 0.717) is 16.9 Å². The lowest BCUT2D eigenvalue weighted by Crippen LogP contribution is -2.44. The molecule has 1 amide bonds. The third-order valence-electron chi connectivity index (χ3n) is 5.19. The molecule has 0 aliphatic rings. The number of nitrogens with one attached hydrogen (secondary N) is 1. The van der Waals surface area contributed by atoms with Crippen molar-refractivity contribution in [3.05, 3.63) is 91.6 Å². The maximum atomic E-state index is 13.2. The van der Waals surface area contributed by atoms with Crippen molar-refractivity contribution in [2.45, 2.75) is 52.0 Å². The fourth-order valence-corrected chi connectivity index (χ4v) is 4.50. The summed E-state index contributed by atoms with van der Waals surface area (Å²) in [5.41, 5.74) is 1.20. The predicted octanol–water partition coefficient (Wildman–Crippen LogP) is 7.57. The Kier molecular flexibility index (Phi) is 10.5. The fraction of sp³-hybridized carbons (Fsp3) is 0.286. The van der Waals surface area contributed by atoms with E-state index in [1.54, 1.807) is 39.0 Å². The quantitative estimate of drug-likeness (QED) is 0.237. The molecule has 0 saturated heterocycles. The highest BCUT2D eigenvalue weighted by molar-refractivity contribution is 9.10. The lowest BCUT2D eigenvalue weighted by Gasteiger charge is -2.22. The summed E-state index contributed by atoms with van der Waals surface area (Å²) in [7, 11) is 0. The molecular weight excluding hydrogens is 616 g/mol. The average molecular weight is 643 g/mol. The van der Waals surface area contributed by atoms with E-state index in [2.05, 4.69) is 21.2 Å². The monoisotopic (exact) mass is 641 g/mol. The Balaban J connectivity index is 1.70. The summed E-state index contributed by atoms with van der Waals surface area (Å²) in [6.07, 6.45) is -0.931. The fourth-order valence-electron chi connectivity index (χ4n) is 3.45. The van der Waals surface area contributed by atoms with Gasteiger partial charge in [-0.15, -0.1) is 0 Å². The van der Waals surface area contributed by atoms with Gasteiger partial charge in [0.2, 0.25) is 0 Å². The number of carboxylic acid groups (broad SMARTS) is 1. The van der Waals surface area contributed by atoms with Gasteiger partial charge in [-0.1, -0.05) is 51.3 Å². The van der Waals surface area contributed by atoms with Crippen LogP contribution in [0.5, 0.6) is 11.5 Å². The Morgan fingerprint density at radius 1 is 0.974 bits per heavy atom. The lowest BCUT2D eigenvalue weighted by molar-refractivity contribution is -0.139. The molecule has 0 bridgehead atoms. The van der Waals surface area contributed by atoms with E-state index in [1.807, 2.05) is 12.1 Å². The Bertz CT molecular complexity index is 1310. The SMILES string of the molecule is CC(C)(C)OC(=O)N[C@@H](Cc1cc(Cl)c(OCc2cc(Br)ccc2OCc2ccc(F)cc2)c(Cl)c1)C(=O)O. The van der Waals surface area contributed by atoms with Gasteiger partial charge in [0.1, 0.15) is 36.4 Å². The van der Waals surface area contributed by atoms with Crippen LogP contribution in [0.15, 0.2) is 59.1 Å². The minimum absolute atomic E-state index is 0.0644. The van der Waals surface area contributed by atoms with Gasteiger partial charge in [0.25, 0.3) is 0 Å². The molecule has 0 unspecified atom stereocenters. The standard InChI is InChI=1S/C28H27BrCl2FNO6/c1-28(2,3)39-27(36)33-23(26(34)35)12-17-10-21(30)25(22(31)11-17)38-15-18-13-19(29)6-9-24(18)37-14-16-4-7-20(32)8-5-16/h4-11,13,23H,12,14-15H2,1-3H3,(H,33,36)(H,34,35)/t23-/m0/s1. The minimum Gasteiger partial charge on any atom is -0.488 e. The van der Waals surface area contributed by atoms with Crippen molar-refractivity contribution >= 4 is 51.2 Å². The van der Waals surface area contributed by atoms with Crippen molar-refractivity contribution in [2.75, 3.05) is 0 Å². The van der Waals surface area contributed by atoms with E-state index in [0.717, 1.165) is 10.0 Å². The van der Waals surface area contributed by atoms with E-state index >= 15 is 0 Å². The maximum absolute atomic E-state index is 13.2. The number of carbonyl (C=O) groups is 2. The number of hydrogen-bond donors (Lipinski definition) is 2. The number of carbonyl (C=O) groups excluding carboxylic acids is 1. The first kappa shape index (κ1) is 30.5. The normalized spacial score (nSPS) is 12.0. The molecule has 0 fully saturated rings. The Hall–Kier alpha value is -3.01. The second kappa shape index (κ2) is 13.4. The van der Waals surface area contributed by atoms with Crippen LogP contribution in [0.2, 0.25) is 10.0 Å². The van der Waals surface area contributed by atoms with Crippen molar-refractivity contribution in [1.29, 1.82) is 0 Å². The van der Waals surface area contributed by atoms with Crippen LogP contribution in [0, 0.1) is 5.82 Å². The molecule has 1 atom stereocenters. The molecule has 0 spiro atoms. The van der Waals surface area contributed by atoms with Gasteiger partial charge in [-0.2, -0.15) is 0 Å². The maximum Gasteiger partial charge on any atom is 0.408 e. The summed E-state index contributed by atoms with van der Waals surface area (Å²) in [5, 5.41) is 12.3. The highest BCUT2D eigenvalue weighted by Crippen LogP contribution is 2.36. The average Bonchev–Trinajstić information content (AvgIpc) is 2.82. The van der Waals surface area contributed by atoms with Crippen LogP contribution in [0.25, 0.3) is 0 Å². The number of ether oxygens (including phenoxy) is 3. The molecule has 0 aliphatic carbocycles. The number of amides is 1. The zero-order valence-corrected chi connectivity index (χ0v) is 24.5. The molecule has 11 heteroatoms. The van der Waals surface area contributed by atoms with Gasteiger partial charge in [0, 0.05) is 16.5 Å². The van der Waals surface area contributed by atoms with E-state index in [1.165, 1.54) is 24.3 Å². The van der Waals surface area contributed by atoms with Crippen LogP contribution in [-0.2, 0) is 29.2 Å². The Labute approximate surface area is 244 Å². The molecule has 3 rings (SSSR count). The first-order valence-corrected chi connectivity index (χ1v) is 13.3. The molecular formula is C28H27BrCl2FNO6. The number of carboxylic acids is 1. The van der Waals surface area contributed by atoms with Crippen LogP contribution in [-0.4, -0.2) is 28.8 Å². The van der Waals surface area contributed by atoms with Crippen molar-refractivity contribution in [2.24, 2.45) is 0 Å². The number of benzene rings is 3. The third-order valence-corrected chi connectivity index (χ3v) is 6.24. The molecule has 3 aromatic carbocycles. The molecule has 0 aliphatic heterocycles. The number of rotatable bonds is 10. The first-order valence-electron chi connectivity index (χ1n) is 11.8. The number of halogens is 4. The molecule has 2 N–H and O–H groups in total. The topological polar surface area (TPSA) is 94.1 Å². The van der Waals surface area contributed by atoms with Gasteiger partial charge in [-0.05, 0) is 74.4 Å². The zero-order valence-electron chi connectivity index (χ0n) is 21.4. The van der Waals surface area contributed by atoms with Gasteiger partial charge in [-0.25, -0.2) is 14.0 Å². The summed E-state index contributed by atoms with van der Waals surface area (Å²) in [6.45, 7) is 5.32. The summed E-state index contributed by atoms with van der Waals surface area (Å²) in [5.74, 6) is -0.798. The van der Waals surface area contributed by atoms with Gasteiger partial charge >= 0.3 is 12.1 Å². The van der Waals surface area contributed by atoms with Crippen molar-refractivity contribution in [3.8, 4) is 11.5 Å². The highest BCUT2D eigenvalue weighted by atomic mass is 79.9. The van der Waals surface area contributed by atoms with E-state index in [9.17, 15) is 19.1 Å². The van der Waals surface area contributed by atoms with E-state index < -0.39 is 23.7 Å². The highest BCUT2D eigenvalue weighted by Gasteiger charge is 2.25. The van der Waals surface area contributed by atoms with Gasteiger partial charge < -0.3 is 24.6 Å². The first-order chi connectivity index (χ1) is 18.3. The summed E-state index contributed by atoms with van der Waals surface area (Å²) >= 11 is 16.3. The van der Waals surface area contributed by atoms with Crippen LogP contribution in [0.4, 0.5) is 9.18 Å². The van der Waals surface area contributed by atoms with Gasteiger partial charge in [-0.3, -0.25) is 0 Å². The van der Waals surface area contributed by atoms with Crippen LogP contribution in [0.3, 0.4) is 0 Å². The van der Waals surface area contributed by atoms with Crippen molar-refractivity contribution < 1.29 is 33.3 Å². The van der Waals surface area contributed by atoms with Crippen LogP contribution in [0.1, 0.15) is 37.5 Å². The number of hydrogen-bond acceptors (Lipinski definition) is 5. The second-order valence-electron chi connectivity index (χ2n) is 9.59. The second-order valence-corrected chi connectivity index (χ2v) is 11.3. The number of alkyl carbamates (subject to hydrolysis) is 1. The lowest BCUT2D eigenvalue weighted by atomic mass is 10.1. The largest absolute Gasteiger partial charge is 0.488 e. The smallest absolute Gasteiger partial charge is 0.408 e. The Morgan fingerprint density at radius 2 is 1.62 bits per heavy atom. The van der Waals surface area contributed by atoms with Crippen molar-refractivity contribution in [1.82, 2.24) is 5.32 Å². The van der Waals surface area contributed by atoms with E-state index in [4.69, 9.17) is 37.4 Å². The minimum atomic E-state index is -1.26. The van der Waals surface area contributed by atoms with Gasteiger partial charge in [0.15, 0.2) is 5.75 Å². The third kappa shape index (κ3) is 9.60. The molecule has 7 nitrogen and oxygen atoms in total. The molecule has 0 aromatic heterocycles. The van der Waals surface area contributed by atoms with E-state index in [-0.39, 0.29) is 41.2 Å². The zero-order chi connectivity index (χ0) is 28.7. The summed E-state index contributed by atoms with van der Waals surface area (Å²) in [6, 6.07) is 13.2. The van der Waals surface area contributed by atoms with Crippen LogP contribution >= 0.6 is 39.1 Å². The summed E-state index contributed by atoms with van der Waals surface area (Å²) < 4.78 is 31.0. The van der Waals surface area contributed by atoms with Crippen LogP contribution < -0.4 is 14.8 Å². The molecule has 39 heavy (non-hydrogen) atoms. The Morgan fingerprint density at radius 3 is 2.21 bits per heavy atom. The molecule has 0 heterocycles. The summed E-state index contributed by atoms with van der Waals surface area (Å²) in [4.78, 5) is 23.8. The van der Waals surface area contributed by atoms with Gasteiger partial charge in [0.05, 0.1) is 10.0 Å². The predicted molar refractivity (Wildman–Crippen MR) is 150 cm³/mol. The molecule has 208 valence electrons. The molecule has 0 radical (unpaired) electrons. The number of aliphatic carboxylic acids is 1. The van der Waals surface area contributed by atoms with Crippen molar-refractivity contribution in [3.63, 3.8) is 0 Å². The molecule has 3 aromatic rings. The molecule has 0 saturated carbocycles.